The highest BCUT2D eigenvalue weighted by Gasteiger charge is 2.20. The predicted octanol–water partition coefficient (Wildman–Crippen LogP) is 10.8. The predicted molar refractivity (Wildman–Crippen MR) is 167 cm³/mol. The number of rotatable bonds is 2. The molecule has 0 saturated heterocycles. The molecule has 0 aliphatic heterocycles. The molecule has 3 heterocycles. The van der Waals surface area contributed by atoms with Crippen molar-refractivity contribution < 1.29 is 8.83 Å². The fourth-order valence-corrected chi connectivity index (χ4v) is 6.46. The normalized spacial score (nSPS) is 11.9. The van der Waals surface area contributed by atoms with Crippen LogP contribution in [0.3, 0.4) is 0 Å². The summed E-state index contributed by atoms with van der Waals surface area (Å²) < 4.78 is 14.9. The van der Waals surface area contributed by atoms with E-state index in [0.717, 1.165) is 71.7 Å². The number of hydrogen-bond donors (Lipinski definition) is 0. The van der Waals surface area contributed by atoms with Crippen molar-refractivity contribution in [1.82, 2.24) is 4.57 Å². The molecule has 0 bridgehead atoms. The summed E-state index contributed by atoms with van der Waals surface area (Å²) in [7, 11) is 0. The minimum atomic E-state index is 0.608. The molecule has 6 aromatic carbocycles. The first-order valence-electron chi connectivity index (χ1n) is 13.6. The standard InChI is InChI=1S/C37H20N2O2/c1-38-29-12-8-15-32(39-30-13-5-2-9-23(30)24-10-3-6-14-31(24)39)35(29)22-17-20-34-28(21-22)27-19-18-26-25-11-4-7-16-33(25)40-36(26)37(27)41-34/h2-21H. The van der Waals surface area contributed by atoms with E-state index >= 15 is 0 Å². The molecule has 0 fully saturated rings. The third kappa shape index (κ3) is 2.98. The van der Waals surface area contributed by atoms with Gasteiger partial charge < -0.3 is 13.4 Å². The monoisotopic (exact) mass is 524 g/mol. The van der Waals surface area contributed by atoms with Crippen molar-refractivity contribution in [1.29, 1.82) is 0 Å². The third-order valence-electron chi connectivity index (χ3n) is 8.23. The molecule has 0 saturated carbocycles. The number of hydrogen-bond acceptors (Lipinski definition) is 2. The highest BCUT2D eigenvalue weighted by atomic mass is 16.4. The number of furan rings is 2. The molecule has 0 amide bonds. The lowest BCUT2D eigenvalue weighted by Crippen LogP contribution is -1.97. The lowest BCUT2D eigenvalue weighted by atomic mass is 9.98. The van der Waals surface area contributed by atoms with Gasteiger partial charge in [-0.3, -0.25) is 0 Å². The average molecular weight is 525 g/mol. The van der Waals surface area contributed by atoms with Gasteiger partial charge in [0.2, 0.25) is 0 Å². The molecule has 0 atom stereocenters. The molecule has 4 nitrogen and oxygen atoms in total. The molecule has 3 aromatic heterocycles. The Morgan fingerprint density at radius 3 is 1.83 bits per heavy atom. The van der Waals surface area contributed by atoms with Crippen LogP contribution < -0.4 is 0 Å². The fourth-order valence-electron chi connectivity index (χ4n) is 6.46. The van der Waals surface area contributed by atoms with Gasteiger partial charge in [-0.25, -0.2) is 4.85 Å². The number of aromatic nitrogens is 1. The van der Waals surface area contributed by atoms with Crippen LogP contribution >= 0.6 is 0 Å². The van der Waals surface area contributed by atoms with Crippen LogP contribution in [0.2, 0.25) is 0 Å². The van der Waals surface area contributed by atoms with Gasteiger partial charge in [-0.15, -0.1) is 0 Å². The van der Waals surface area contributed by atoms with E-state index < -0.39 is 0 Å². The molecule has 9 aromatic rings. The number of fused-ring (bicyclic) bond motifs is 10. The van der Waals surface area contributed by atoms with Crippen LogP contribution in [0.1, 0.15) is 0 Å². The van der Waals surface area contributed by atoms with E-state index in [1.165, 1.54) is 10.8 Å². The molecule has 0 N–H and O–H groups in total. The maximum atomic E-state index is 8.07. The summed E-state index contributed by atoms with van der Waals surface area (Å²) in [5.41, 5.74) is 8.80. The third-order valence-corrected chi connectivity index (χ3v) is 8.23. The smallest absolute Gasteiger partial charge is 0.196 e. The van der Waals surface area contributed by atoms with Crippen molar-refractivity contribution in [3.63, 3.8) is 0 Å². The van der Waals surface area contributed by atoms with Crippen LogP contribution in [0.15, 0.2) is 130 Å². The molecule has 0 spiro atoms. The van der Waals surface area contributed by atoms with E-state index in [1.807, 2.05) is 36.4 Å². The summed E-state index contributed by atoms with van der Waals surface area (Å²) in [6.45, 7) is 8.07. The van der Waals surface area contributed by atoms with Gasteiger partial charge in [0.25, 0.3) is 0 Å². The van der Waals surface area contributed by atoms with Crippen LogP contribution in [0.25, 0.3) is 87.3 Å². The molecule has 41 heavy (non-hydrogen) atoms. The molecular formula is C37H20N2O2. The Kier molecular flexibility index (Phi) is 4.37. The van der Waals surface area contributed by atoms with Crippen LogP contribution in [0.4, 0.5) is 5.69 Å². The summed E-state index contributed by atoms with van der Waals surface area (Å²) in [5.74, 6) is 0. The van der Waals surface area contributed by atoms with Crippen LogP contribution in [0.5, 0.6) is 0 Å². The summed E-state index contributed by atoms with van der Waals surface area (Å²) in [6, 6.07) is 41.4. The van der Waals surface area contributed by atoms with E-state index in [-0.39, 0.29) is 0 Å². The second-order valence-corrected chi connectivity index (χ2v) is 10.4. The van der Waals surface area contributed by atoms with Gasteiger partial charge in [-0.1, -0.05) is 72.8 Å². The Hall–Kier alpha value is -5.79. The molecule has 0 unspecified atom stereocenters. The Morgan fingerprint density at radius 2 is 1.12 bits per heavy atom. The van der Waals surface area contributed by atoms with Gasteiger partial charge >= 0.3 is 0 Å². The summed E-state index contributed by atoms with van der Waals surface area (Å²) >= 11 is 0. The van der Waals surface area contributed by atoms with Crippen molar-refractivity contribution in [2.24, 2.45) is 0 Å². The SMILES string of the molecule is [C-]#[N+]c1cccc(-n2c3ccccc3c3ccccc32)c1-c1ccc2oc3c(ccc4c5ccccc5oc43)c2c1. The number of nitrogens with zero attached hydrogens (tertiary/aromatic N) is 2. The van der Waals surface area contributed by atoms with Crippen molar-refractivity contribution >= 4 is 71.4 Å². The second-order valence-electron chi connectivity index (χ2n) is 10.4. The zero-order valence-electron chi connectivity index (χ0n) is 21.8. The average Bonchev–Trinajstić information content (AvgIpc) is 3.70. The fraction of sp³-hybridized carbons (Fsp3) is 0. The Morgan fingerprint density at radius 1 is 0.512 bits per heavy atom. The molecule has 0 aliphatic rings. The van der Waals surface area contributed by atoms with E-state index in [2.05, 4.69) is 94.3 Å². The largest absolute Gasteiger partial charge is 0.452 e. The molecule has 190 valence electrons. The summed E-state index contributed by atoms with van der Waals surface area (Å²) in [4.78, 5) is 3.97. The first-order chi connectivity index (χ1) is 20.3. The van der Waals surface area contributed by atoms with Crippen LogP contribution in [0, 0.1) is 6.57 Å². The highest BCUT2D eigenvalue weighted by Crippen LogP contribution is 2.44. The van der Waals surface area contributed by atoms with Crippen LogP contribution in [-0.4, -0.2) is 4.57 Å². The van der Waals surface area contributed by atoms with Crippen molar-refractivity contribution in [2.75, 3.05) is 0 Å². The quantitative estimate of drug-likeness (QED) is 0.211. The van der Waals surface area contributed by atoms with Gasteiger partial charge in [0.15, 0.2) is 16.9 Å². The molecular weight excluding hydrogens is 504 g/mol. The van der Waals surface area contributed by atoms with Gasteiger partial charge in [0.05, 0.1) is 17.6 Å². The number of benzene rings is 6. The van der Waals surface area contributed by atoms with Gasteiger partial charge in [-0.05, 0) is 54.1 Å². The summed E-state index contributed by atoms with van der Waals surface area (Å²) in [6.07, 6.45) is 0. The van der Waals surface area contributed by atoms with E-state index in [0.29, 0.717) is 5.69 Å². The lowest BCUT2D eigenvalue weighted by molar-refractivity contribution is 0.633. The second kappa shape index (κ2) is 8.11. The minimum Gasteiger partial charge on any atom is -0.452 e. The van der Waals surface area contributed by atoms with Crippen molar-refractivity contribution in [2.45, 2.75) is 0 Å². The Balaban J connectivity index is 1.35. The minimum absolute atomic E-state index is 0.608. The maximum absolute atomic E-state index is 8.07. The number of para-hydroxylation sites is 3. The molecule has 9 rings (SSSR count). The van der Waals surface area contributed by atoms with Crippen molar-refractivity contribution in [3.8, 4) is 16.8 Å². The van der Waals surface area contributed by atoms with Gasteiger partial charge in [0.1, 0.15) is 11.2 Å². The maximum Gasteiger partial charge on any atom is 0.196 e. The highest BCUT2D eigenvalue weighted by molar-refractivity contribution is 6.19. The van der Waals surface area contributed by atoms with Gasteiger partial charge in [0, 0.05) is 43.6 Å². The van der Waals surface area contributed by atoms with Crippen LogP contribution in [-0.2, 0) is 0 Å². The Labute approximate surface area is 234 Å². The Bertz CT molecular complexity index is 2500. The summed E-state index contributed by atoms with van der Waals surface area (Å²) in [5, 5.41) is 6.48. The zero-order chi connectivity index (χ0) is 27.1. The van der Waals surface area contributed by atoms with Crippen molar-refractivity contribution in [3.05, 3.63) is 133 Å². The topological polar surface area (TPSA) is 35.6 Å². The van der Waals surface area contributed by atoms with E-state index in [4.69, 9.17) is 15.4 Å². The van der Waals surface area contributed by atoms with E-state index in [9.17, 15) is 0 Å². The molecule has 4 heteroatoms. The molecule has 0 aliphatic carbocycles. The zero-order valence-corrected chi connectivity index (χ0v) is 21.8. The molecule has 0 radical (unpaired) electrons. The van der Waals surface area contributed by atoms with Gasteiger partial charge in [-0.2, -0.15) is 0 Å². The lowest BCUT2D eigenvalue weighted by Gasteiger charge is -2.16. The first-order valence-corrected chi connectivity index (χ1v) is 13.6. The van der Waals surface area contributed by atoms with E-state index in [1.54, 1.807) is 0 Å². The first kappa shape index (κ1) is 22.1.